The van der Waals surface area contributed by atoms with Gasteiger partial charge in [0, 0.05) is 18.9 Å². The summed E-state index contributed by atoms with van der Waals surface area (Å²) in [6.45, 7) is 7.02. The van der Waals surface area contributed by atoms with E-state index in [9.17, 15) is 9.90 Å². The molecule has 2 heterocycles. The van der Waals surface area contributed by atoms with Crippen LogP contribution in [0.5, 0.6) is 11.5 Å². The Kier molecular flexibility index (Phi) is 6.58. The maximum atomic E-state index is 12.0. The molecule has 2 rings (SSSR count). The molecule has 1 aliphatic rings. The number of carbonyl (C=O) groups is 1. The van der Waals surface area contributed by atoms with Crippen molar-refractivity contribution in [3.8, 4) is 11.5 Å². The molecule has 25 heavy (non-hydrogen) atoms. The van der Waals surface area contributed by atoms with Crippen LogP contribution in [0, 0.1) is 0 Å². The van der Waals surface area contributed by atoms with Crippen LogP contribution in [0.15, 0.2) is 17.3 Å². The van der Waals surface area contributed by atoms with E-state index in [1.54, 1.807) is 19.9 Å². The lowest BCUT2D eigenvalue weighted by molar-refractivity contribution is -0.149. The lowest BCUT2D eigenvalue weighted by Gasteiger charge is -2.15. The predicted molar refractivity (Wildman–Crippen MR) is 90.0 cm³/mol. The van der Waals surface area contributed by atoms with E-state index < -0.39 is 11.5 Å². The summed E-state index contributed by atoms with van der Waals surface area (Å²) in [5.41, 5.74) is -1.02. The van der Waals surface area contributed by atoms with E-state index in [4.69, 9.17) is 18.9 Å². The van der Waals surface area contributed by atoms with Crippen molar-refractivity contribution in [2.24, 2.45) is 4.99 Å². The fraction of sp³-hybridized carbons (Fsp3) is 0.588. The topological polar surface area (TPSA) is 99.5 Å². The first-order valence-electron chi connectivity index (χ1n) is 8.30. The van der Waals surface area contributed by atoms with E-state index in [1.165, 1.54) is 6.20 Å². The number of aromatic nitrogens is 1. The summed E-state index contributed by atoms with van der Waals surface area (Å²) in [7, 11) is 0. The average molecular weight is 352 g/mol. The number of pyridine rings is 1. The van der Waals surface area contributed by atoms with Crippen molar-refractivity contribution >= 4 is 11.9 Å². The van der Waals surface area contributed by atoms with E-state index in [-0.39, 0.29) is 36.3 Å². The lowest BCUT2D eigenvalue weighted by atomic mass is 10.1. The molecule has 138 valence electrons. The maximum absolute atomic E-state index is 12.0. The van der Waals surface area contributed by atoms with Crippen molar-refractivity contribution in [3.05, 3.63) is 18.0 Å². The van der Waals surface area contributed by atoms with Gasteiger partial charge in [-0.15, -0.1) is 0 Å². The zero-order valence-electron chi connectivity index (χ0n) is 14.8. The fourth-order valence-corrected chi connectivity index (χ4v) is 2.18. The number of hydrogen-bond acceptors (Lipinski definition) is 8. The molecule has 0 unspecified atom stereocenters. The summed E-state index contributed by atoms with van der Waals surface area (Å²) >= 11 is 0. The third-order valence-electron chi connectivity index (χ3n) is 3.48. The van der Waals surface area contributed by atoms with Crippen LogP contribution in [0.1, 0.15) is 32.9 Å². The molecule has 0 bridgehead atoms. The molecule has 8 nitrogen and oxygen atoms in total. The number of aromatic hydroxyl groups is 1. The number of aliphatic imine (C=N–C) groups is 1. The molecule has 1 N–H and O–H groups in total. The van der Waals surface area contributed by atoms with E-state index in [2.05, 4.69) is 9.98 Å². The Hall–Kier alpha value is -2.35. The van der Waals surface area contributed by atoms with Crippen molar-refractivity contribution in [1.82, 2.24) is 4.98 Å². The molecular weight excluding hydrogens is 328 g/mol. The summed E-state index contributed by atoms with van der Waals surface area (Å²) in [5, 5.41) is 10.4. The van der Waals surface area contributed by atoms with Crippen LogP contribution >= 0.6 is 0 Å². The molecule has 0 aliphatic carbocycles. The Balaban J connectivity index is 2.10. The van der Waals surface area contributed by atoms with E-state index in [0.29, 0.717) is 19.8 Å². The van der Waals surface area contributed by atoms with Crippen LogP contribution in [-0.2, 0) is 19.0 Å². The number of nitrogens with zero attached hydrogens (tertiary/aromatic N) is 2. The van der Waals surface area contributed by atoms with Gasteiger partial charge in [0.05, 0.1) is 13.2 Å². The molecule has 0 aromatic carbocycles. The van der Waals surface area contributed by atoms with Gasteiger partial charge in [-0.25, -0.2) is 14.8 Å². The zero-order valence-corrected chi connectivity index (χ0v) is 14.8. The van der Waals surface area contributed by atoms with Crippen LogP contribution in [0.3, 0.4) is 0 Å². The Morgan fingerprint density at radius 2 is 2.16 bits per heavy atom. The van der Waals surface area contributed by atoms with Crippen molar-refractivity contribution < 1.29 is 28.8 Å². The van der Waals surface area contributed by atoms with Crippen LogP contribution in [-0.4, -0.2) is 60.5 Å². The number of carbonyl (C=O) groups excluding carboxylic acids is 1. The molecule has 0 saturated heterocycles. The Morgan fingerprint density at radius 3 is 2.88 bits per heavy atom. The van der Waals surface area contributed by atoms with E-state index in [0.717, 1.165) is 6.42 Å². The van der Waals surface area contributed by atoms with Gasteiger partial charge in [-0.05, 0) is 20.3 Å². The molecule has 0 amide bonds. The summed E-state index contributed by atoms with van der Waals surface area (Å²) in [5.74, 6) is -0.336. The third kappa shape index (κ3) is 4.60. The SMILES string of the molecule is CCCOCCOc1ccnc(C2=N[C@@](C)(C(=O)OCC)CO2)c1O. The highest BCUT2D eigenvalue weighted by molar-refractivity contribution is 5.99. The largest absolute Gasteiger partial charge is 0.503 e. The second kappa shape index (κ2) is 8.66. The van der Waals surface area contributed by atoms with Crippen molar-refractivity contribution in [1.29, 1.82) is 0 Å². The molecule has 8 heteroatoms. The smallest absolute Gasteiger partial charge is 0.337 e. The van der Waals surface area contributed by atoms with Gasteiger partial charge >= 0.3 is 5.97 Å². The quantitative estimate of drug-likeness (QED) is 0.533. The molecule has 0 fully saturated rings. The molecule has 1 aromatic heterocycles. The Bertz CT molecular complexity index is 634. The molecule has 1 aliphatic heterocycles. The van der Waals surface area contributed by atoms with Gasteiger partial charge in [0.15, 0.2) is 22.7 Å². The van der Waals surface area contributed by atoms with Gasteiger partial charge in [-0.3, -0.25) is 0 Å². The van der Waals surface area contributed by atoms with Gasteiger partial charge in [-0.2, -0.15) is 0 Å². The molecule has 0 spiro atoms. The van der Waals surface area contributed by atoms with Crippen molar-refractivity contribution in [2.75, 3.05) is 33.0 Å². The van der Waals surface area contributed by atoms with Gasteiger partial charge < -0.3 is 24.1 Å². The summed E-state index contributed by atoms with van der Waals surface area (Å²) in [4.78, 5) is 20.3. The highest BCUT2D eigenvalue weighted by Gasteiger charge is 2.42. The van der Waals surface area contributed by atoms with E-state index in [1.807, 2.05) is 6.92 Å². The standard InChI is InChI=1S/C17H24N2O6/c1-4-8-22-9-10-24-12-6-7-18-13(14(12)20)15-19-17(3,11-25-15)16(21)23-5-2/h6-7,20H,4-5,8-11H2,1-3H3/t17-/m1/s1. The number of ether oxygens (including phenoxy) is 4. The lowest BCUT2D eigenvalue weighted by Crippen LogP contribution is -2.36. The Labute approximate surface area is 146 Å². The van der Waals surface area contributed by atoms with Crippen LogP contribution in [0.25, 0.3) is 0 Å². The minimum atomic E-state index is -1.15. The highest BCUT2D eigenvalue weighted by Crippen LogP contribution is 2.32. The molecule has 1 atom stereocenters. The minimum Gasteiger partial charge on any atom is -0.503 e. The van der Waals surface area contributed by atoms with E-state index >= 15 is 0 Å². The second-order valence-corrected chi connectivity index (χ2v) is 5.67. The average Bonchev–Trinajstić information content (AvgIpc) is 3.00. The number of hydrogen-bond donors (Lipinski definition) is 1. The van der Waals surface area contributed by atoms with Crippen LogP contribution < -0.4 is 4.74 Å². The van der Waals surface area contributed by atoms with Gasteiger partial charge in [-0.1, -0.05) is 6.92 Å². The maximum Gasteiger partial charge on any atom is 0.337 e. The van der Waals surface area contributed by atoms with Crippen LogP contribution in [0.4, 0.5) is 0 Å². The number of esters is 1. The first-order chi connectivity index (χ1) is 12.0. The molecule has 0 radical (unpaired) electrons. The summed E-state index contributed by atoms with van der Waals surface area (Å²) in [6, 6.07) is 1.54. The Morgan fingerprint density at radius 1 is 1.36 bits per heavy atom. The normalized spacial score (nSPS) is 19.2. The fourth-order valence-electron chi connectivity index (χ4n) is 2.18. The van der Waals surface area contributed by atoms with Crippen molar-refractivity contribution in [2.45, 2.75) is 32.7 Å². The predicted octanol–water partition coefficient (Wildman–Crippen LogP) is 1.69. The first-order valence-corrected chi connectivity index (χ1v) is 8.30. The zero-order chi connectivity index (χ0) is 18.3. The summed E-state index contributed by atoms with van der Waals surface area (Å²) < 4.78 is 21.3. The highest BCUT2D eigenvalue weighted by atomic mass is 16.5. The minimum absolute atomic E-state index is 0.0260. The summed E-state index contributed by atoms with van der Waals surface area (Å²) in [6.07, 6.45) is 2.41. The van der Waals surface area contributed by atoms with Crippen molar-refractivity contribution in [3.63, 3.8) is 0 Å². The molecule has 1 aromatic rings. The van der Waals surface area contributed by atoms with Gasteiger partial charge in [0.25, 0.3) is 0 Å². The van der Waals surface area contributed by atoms with Gasteiger partial charge in [0.2, 0.25) is 5.90 Å². The number of rotatable bonds is 9. The monoisotopic (exact) mass is 352 g/mol. The first kappa shape index (κ1) is 19.0. The third-order valence-corrected chi connectivity index (χ3v) is 3.48. The van der Waals surface area contributed by atoms with Gasteiger partial charge in [0.1, 0.15) is 13.2 Å². The molecular formula is C17H24N2O6. The van der Waals surface area contributed by atoms with Crippen LogP contribution in [0.2, 0.25) is 0 Å². The molecule has 0 saturated carbocycles. The second-order valence-electron chi connectivity index (χ2n) is 5.67.